The van der Waals surface area contributed by atoms with E-state index in [0.717, 1.165) is 10.5 Å². The number of aliphatic hydroxyl groups is 1. The summed E-state index contributed by atoms with van der Waals surface area (Å²) in [6, 6.07) is 21.4. The third kappa shape index (κ3) is 4.94. The molecule has 0 spiro atoms. The van der Waals surface area contributed by atoms with Gasteiger partial charge in [0.05, 0.1) is 17.1 Å². The van der Waals surface area contributed by atoms with Crippen LogP contribution in [-0.4, -0.2) is 43.2 Å². The first-order valence-corrected chi connectivity index (χ1v) is 10.2. The molecule has 0 saturated carbocycles. The van der Waals surface area contributed by atoms with Crippen LogP contribution in [0.25, 0.3) is 11.0 Å². The maximum atomic E-state index is 13.0. The van der Waals surface area contributed by atoms with Gasteiger partial charge in [-0.2, -0.15) is 0 Å². The van der Waals surface area contributed by atoms with Crippen LogP contribution in [0, 0.1) is 0 Å². The van der Waals surface area contributed by atoms with Gasteiger partial charge in [-0.1, -0.05) is 60.7 Å². The number of anilines is 2. The average molecular weight is 445 g/mol. The fourth-order valence-electron chi connectivity index (χ4n) is 3.71. The van der Waals surface area contributed by atoms with Gasteiger partial charge in [-0.25, -0.2) is 9.78 Å². The molecular formula is C24H23N5O4. The Morgan fingerprint density at radius 3 is 2.36 bits per heavy atom. The van der Waals surface area contributed by atoms with E-state index in [1.165, 1.54) is 0 Å². The Morgan fingerprint density at radius 1 is 1.03 bits per heavy atom. The molecule has 2 atom stereocenters. The zero-order chi connectivity index (χ0) is 23.4. The van der Waals surface area contributed by atoms with Crippen molar-refractivity contribution in [1.29, 1.82) is 0 Å². The van der Waals surface area contributed by atoms with Gasteiger partial charge in [0.2, 0.25) is 0 Å². The second-order valence-corrected chi connectivity index (χ2v) is 7.54. The van der Waals surface area contributed by atoms with Crippen LogP contribution in [0.5, 0.6) is 0 Å². The highest BCUT2D eigenvalue weighted by Crippen LogP contribution is 2.28. The van der Waals surface area contributed by atoms with Crippen molar-refractivity contribution < 1.29 is 19.8 Å². The number of imidazole rings is 1. The normalized spacial score (nSPS) is 12.8. The van der Waals surface area contributed by atoms with Crippen molar-refractivity contribution in [3.05, 3.63) is 90.0 Å². The Labute approximate surface area is 189 Å². The molecule has 0 aliphatic carbocycles. The van der Waals surface area contributed by atoms with E-state index in [-0.39, 0.29) is 12.5 Å². The molecule has 4 aromatic rings. The number of aliphatic hydroxyl groups excluding tert-OH is 1. The first kappa shape index (κ1) is 21.8. The number of hydrogen-bond donors (Lipinski definition) is 5. The number of nitrogen functional groups attached to an aromatic ring is 1. The number of benzene rings is 3. The highest BCUT2D eigenvalue weighted by molar-refractivity contribution is 5.96. The van der Waals surface area contributed by atoms with Crippen LogP contribution in [0.2, 0.25) is 0 Å². The molecule has 2 unspecified atom stereocenters. The van der Waals surface area contributed by atoms with Crippen molar-refractivity contribution in [2.24, 2.45) is 0 Å². The quantitative estimate of drug-likeness (QED) is 0.295. The Morgan fingerprint density at radius 2 is 1.70 bits per heavy atom. The summed E-state index contributed by atoms with van der Waals surface area (Å²) < 4.78 is 0. The first-order valence-electron chi connectivity index (χ1n) is 10.2. The van der Waals surface area contributed by atoms with Crippen LogP contribution in [-0.2, 0) is 11.3 Å². The van der Waals surface area contributed by atoms with Crippen molar-refractivity contribution in [3.8, 4) is 0 Å². The second kappa shape index (κ2) is 9.41. The number of aromatic nitrogens is 2. The zero-order valence-corrected chi connectivity index (χ0v) is 17.6. The number of amides is 2. The molecule has 33 heavy (non-hydrogen) atoms. The fourth-order valence-corrected chi connectivity index (χ4v) is 3.71. The molecule has 0 fully saturated rings. The summed E-state index contributed by atoms with van der Waals surface area (Å²) in [4.78, 5) is 33.3. The molecule has 3 aromatic carbocycles. The number of hydrogen-bond acceptors (Lipinski definition) is 5. The van der Waals surface area contributed by atoms with Crippen LogP contribution in [0.15, 0.2) is 78.9 Å². The number of rotatable bonds is 7. The second-order valence-electron chi connectivity index (χ2n) is 7.54. The van der Waals surface area contributed by atoms with Crippen LogP contribution < -0.4 is 11.1 Å². The van der Waals surface area contributed by atoms with E-state index < -0.39 is 24.1 Å². The zero-order valence-electron chi connectivity index (χ0n) is 17.6. The van der Waals surface area contributed by atoms with Gasteiger partial charge in [0.25, 0.3) is 5.91 Å². The number of carboxylic acid groups (broad SMARTS) is 1. The van der Waals surface area contributed by atoms with Crippen molar-refractivity contribution in [2.75, 3.05) is 11.1 Å². The molecule has 0 saturated heterocycles. The van der Waals surface area contributed by atoms with Crippen molar-refractivity contribution in [3.63, 3.8) is 0 Å². The average Bonchev–Trinajstić information content (AvgIpc) is 3.19. The van der Waals surface area contributed by atoms with Crippen molar-refractivity contribution >= 4 is 34.7 Å². The van der Waals surface area contributed by atoms with Crippen molar-refractivity contribution in [1.82, 2.24) is 14.9 Å². The summed E-state index contributed by atoms with van der Waals surface area (Å²) in [6.45, 7) is -0.000541. The Balaban J connectivity index is 1.63. The van der Waals surface area contributed by atoms with Gasteiger partial charge >= 0.3 is 6.09 Å². The third-order valence-corrected chi connectivity index (χ3v) is 5.25. The van der Waals surface area contributed by atoms with Crippen molar-refractivity contribution in [2.45, 2.75) is 18.7 Å². The van der Waals surface area contributed by atoms with Gasteiger partial charge in [-0.3, -0.25) is 9.69 Å². The fraction of sp³-hybridized carbons (Fsp3) is 0.125. The van der Waals surface area contributed by atoms with Gasteiger partial charge in [0, 0.05) is 12.2 Å². The number of fused-ring (bicyclic) bond motifs is 1. The van der Waals surface area contributed by atoms with Gasteiger partial charge in [-0.05, 0) is 29.3 Å². The lowest BCUT2D eigenvalue weighted by molar-refractivity contribution is -0.127. The molecule has 9 nitrogen and oxygen atoms in total. The number of nitrogens with one attached hydrogen (secondary N) is 2. The predicted molar refractivity (Wildman–Crippen MR) is 124 cm³/mol. The van der Waals surface area contributed by atoms with Gasteiger partial charge in [0.15, 0.2) is 12.1 Å². The number of aromatic amines is 1. The maximum Gasteiger partial charge on any atom is 0.408 e. The lowest BCUT2D eigenvalue weighted by atomic mass is 9.98. The molecule has 1 aromatic heterocycles. The standard InChI is InChI=1S/C24H23N5O4/c25-23-27-18-12-11-17(13-19(18)28-23)26-22(31)21(30)20(16-9-5-2-6-10-16)29(24(32)33)14-15-7-3-1-4-8-15/h1-13,20-21,30H,14H2,(H,26,31)(H,32,33)(H3,25,27,28). The van der Waals surface area contributed by atoms with E-state index in [4.69, 9.17) is 5.73 Å². The highest BCUT2D eigenvalue weighted by Gasteiger charge is 2.35. The number of nitrogens with zero attached hydrogens (tertiary/aromatic N) is 2. The molecule has 0 radical (unpaired) electrons. The summed E-state index contributed by atoms with van der Waals surface area (Å²) in [5, 5.41) is 23.7. The minimum absolute atomic E-state index is 0.000541. The summed E-state index contributed by atoms with van der Waals surface area (Å²) in [5.74, 6) is -0.495. The molecule has 6 N–H and O–H groups in total. The summed E-state index contributed by atoms with van der Waals surface area (Å²) in [5.41, 5.74) is 8.55. The molecule has 4 rings (SSSR count). The lowest BCUT2D eigenvalue weighted by Gasteiger charge is -2.32. The number of nitrogens with two attached hydrogens (primary N) is 1. The maximum absolute atomic E-state index is 13.0. The van der Waals surface area contributed by atoms with Crippen LogP contribution in [0.3, 0.4) is 0 Å². The Hall–Kier alpha value is -4.37. The summed E-state index contributed by atoms with van der Waals surface area (Å²) in [6.07, 6.45) is -2.93. The van der Waals surface area contributed by atoms with Crippen LogP contribution >= 0.6 is 0 Å². The Kier molecular flexibility index (Phi) is 6.23. The van der Waals surface area contributed by atoms with E-state index in [1.807, 2.05) is 6.07 Å². The lowest BCUT2D eigenvalue weighted by Crippen LogP contribution is -2.44. The smallest absolute Gasteiger partial charge is 0.408 e. The molecule has 2 amide bonds. The van der Waals surface area contributed by atoms with E-state index in [0.29, 0.717) is 22.3 Å². The summed E-state index contributed by atoms with van der Waals surface area (Å²) >= 11 is 0. The van der Waals surface area contributed by atoms with E-state index in [2.05, 4.69) is 15.3 Å². The van der Waals surface area contributed by atoms with Crippen LogP contribution in [0.4, 0.5) is 16.4 Å². The Bertz CT molecular complexity index is 1260. The highest BCUT2D eigenvalue weighted by atomic mass is 16.4. The number of H-pyrrole nitrogens is 1. The minimum atomic E-state index is -1.67. The van der Waals surface area contributed by atoms with E-state index in [9.17, 15) is 19.8 Å². The first-order chi connectivity index (χ1) is 15.9. The minimum Gasteiger partial charge on any atom is -0.465 e. The molecule has 0 aliphatic rings. The monoisotopic (exact) mass is 445 g/mol. The molecule has 0 aliphatic heterocycles. The molecule has 9 heteroatoms. The molecule has 1 heterocycles. The van der Waals surface area contributed by atoms with Gasteiger partial charge in [-0.15, -0.1) is 0 Å². The largest absolute Gasteiger partial charge is 0.465 e. The topological polar surface area (TPSA) is 145 Å². The molecule has 168 valence electrons. The third-order valence-electron chi connectivity index (χ3n) is 5.25. The van der Waals surface area contributed by atoms with E-state index >= 15 is 0 Å². The number of carbonyl (C=O) groups excluding carboxylic acids is 1. The predicted octanol–water partition coefficient (Wildman–Crippen LogP) is 3.37. The van der Waals surface area contributed by atoms with Gasteiger partial charge in [0.1, 0.15) is 0 Å². The SMILES string of the molecule is Nc1nc2ccc(NC(=O)C(O)C(c3ccccc3)N(Cc3ccccc3)C(=O)O)cc2[nH]1. The number of carbonyl (C=O) groups is 2. The summed E-state index contributed by atoms with van der Waals surface area (Å²) in [7, 11) is 0. The van der Waals surface area contributed by atoms with Crippen LogP contribution in [0.1, 0.15) is 17.2 Å². The van der Waals surface area contributed by atoms with Gasteiger partial charge < -0.3 is 26.2 Å². The van der Waals surface area contributed by atoms with E-state index in [1.54, 1.807) is 72.8 Å². The molecule has 0 bridgehead atoms. The molecular weight excluding hydrogens is 422 g/mol.